The van der Waals surface area contributed by atoms with E-state index >= 15 is 0 Å². The monoisotopic (exact) mass is 628 g/mol. The van der Waals surface area contributed by atoms with Crippen LogP contribution in [0.1, 0.15) is 110 Å². The largest absolute Gasteiger partial charge is 0.511 e. The molecule has 3 unspecified atom stereocenters. The van der Waals surface area contributed by atoms with Crippen molar-refractivity contribution in [1.82, 2.24) is 0 Å². The van der Waals surface area contributed by atoms with Gasteiger partial charge >= 0.3 is 0 Å². The second kappa shape index (κ2) is 12.3. The number of phenols is 1. The van der Waals surface area contributed by atoms with Crippen molar-refractivity contribution in [3.63, 3.8) is 0 Å². The predicted octanol–water partition coefficient (Wildman–Crippen LogP) is 6.46. The first-order valence-electron chi connectivity index (χ1n) is 16.3. The maximum Gasteiger partial charge on any atom is 0.209 e. The van der Waals surface area contributed by atoms with Crippen molar-refractivity contribution < 1.29 is 39.6 Å². The van der Waals surface area contributed by atoms with Crippen molar-refractivity contribution in [2.45, 2.75) is 91.6 Å². The van der Waals surface area contributed by atoms with Crippen LogP contribution >= 0.6 is 0 Å². The average Bonchev–Trinajstić information content (AvgIpc) is 2.99. The maximum atomic E-state index is 14.3. The van der Waals surface area contributed by atoms with Crippen molar-refractivity contribution in [1.29, 1.82) is 0 Å². The van der Waals surface area contributed by atoms with E-state index in [1.807, 2.05) is 65.0 Å². The van der Waals surface area contributed by atoms with E-state index in [2.05, 4.69) is 0 Å². The van der Waals surface area contributed by atoms with Crippen LogP contribution in [-0.4, -0.2) is 49.2 Å². The molecule has 0 saturated heterocycles. The number of ketones is 4. The van der Waals surface area contributed by atoms with E-state index in [1.54, 1.807) is 0 Å². The summed E-state index contributed by atoms with van der Waals surface area (Å²) in [5.41, 5.74) is 0.796. The van der Waals surface area contributed by atoms with Crippen LogP contribution in [0.2, 0.25) is 0 Å². The highest BCUT2D eigenvalue weighted by molar-refractivity contribution is 6.25. The smallest absolute Gasteiger partial charge is 0.209 e. The number of phenolic OH excluding ortho intramolecular Hbond substituents is 1. The molecule has 0 fully saturated rings. The first-order chi connectivity index (χ1) is 21.6. The lowest BCUT2D eigenvalue weighted by Gasteiger charge is -2.50. The molecule has 0 saturated carbocycles. The topological polar surface area (TPSA) is 149 Å². The Labute approximate surface area is 269 Å². The molecule has 46 heavy (non-hydrogen) atoms. The average molecular weight is 629 g/mol. The van der Waals surface area contributed by atoms with Gasteiger partial charge in [0.2, 0.25) is 5.78 Å². The van der Waals surface area contributed by atoms with Crippen LogP contribution < -0.4 is 0 Å². The van der Waals surface area contributed by atoms with E-state index in [-0.39, 0.29) is 46.7 Å². The van der Waals surface area contributed by atoms with E-state index in [1.165, 1.54) is 0 Å². The second-order valence-electron chi connectivity index (χ2n) is 13.8. The normalized spacial score (nSPS) is 24.3. The molecule has 8 heteroatoms. The number of carbonyl (C=O) groups is 4. The van der Waals surface area contributed by atoms with E-state index in [0.717, 1.165) is 18.1 Å². The fraction of sp³-hybridized carbons (Fsp3) is 0.474. The van der Waals surface area contributed by atoms with E-state index in [4.69, 9.17) is 0 Å². The fourth-order valence-electron chi connectivity index (χ4n) is 8.00. The molecule has 5 rings (SSSR count). The van der Waals surface area contributed by atoms with Gasteiger partial charge in [-0.15, -0.1) is 0 Å². The molecule has 0 spiro atoms. The van der Waals surface area contributed by atoms with Crippen LogP contribution in [0.3, 0.4) is 0 Å². The van der Waals surface area contributed by atoms with Crippen LogP contribution in [0.4, 0.5) is 0 Å². The highest BCUT2D eigenvalue weighted by Crippen LogP contribution is 2.55. The van der Waals surface area contributed by atoms with Gasteiger partial charge < -0.3 is 20.4 Å². The van der Waals surface area contributed by atoms with Crippen molar-refractivity contribution in [3.05, 3.63) is 86.4 Å². The number of benzene rings is 2. The molecule has 2 aromatic carbocycles. The Bertz CT molecular complexity index is 1690. The minimum atomic E-state index is -2.55. The molecule has 3 aliphatic carbocycles. The number of hydrogen-bond donors (Lipinski definition) is 4. The first-order valence-corrected chi connectivity index (χ1v) is 16.3. The first kappa shape index (κ1) is 33.3. The van der Waals surface area contributed by atoms with Crippen molar-refractivity contribution >= 4 is 23.1 Å². The number of fused-ring (bicyclic) bond motifs is 3. The summed E-state index contributed by atoms with van der Waals surface area (Å²) < 4.78 is 0. The number of hydrogen-bond acceptors (Lipinski definition) is 8. The van der Waals surface area contributed by atoms with Gasteiger partial charge in [0.15, 0.2) is 23.0 Å². The Morgan fingerprint density at radius 1 is 1.00 bits per heavy atom. The summed E-state index contributed by atoms with van der Waals surface area (Å²) in [5, 5.41) is 46.2. The number of aryl methyl sites for hydroxylation is 2. The standard InChI is InChI=1S/C38H44O8/c1-7-28(40)22-13-11-21(12-14-22)9-8-10-23-15-25(18(2)3)26-16-24-17-27-29(19(4)5)34(42)30(20(6)39)36(44)38(27,46)37(45)31(24)35(43)32(26)33(23)41/h11-15,18-19,24,27,29,41-42,45-46H,7-10,16-17H2,1-6H3/t24?,27?,29?,38-/m0/s1. The highest BCUT2D eigenvalue weighted by atomic mass is 16.3. The molecule has 0 heterocycles. The van der Waals surface area contributed by atoms with Crippen LogP contribution in [0, 0.1) is 23.7 Å². The van der Waals surface area contributed by atoms with Crippen LogP contribution in [-0.2, 0) is 28.9 Å². The Balaban J connectivity index is 1.53. The van der Waals surface area contributed by atoms with Crippen molar-refractivity contribution in [2.24, 2.45) is 23.7 Å². The summed E-state index contributed by atoms with van der Waals surface area (Å²) >= 11 is 0. The minimum absolute atomic E-state index is 0.0222. The zero-order valence-electron chi connectivity index (χ0n) is 27.4. The van der Waals surface area contributed by atoms with E-state index < -0.39 is 52.0 Å². The summed E-state index contributed by atoms with van der Waals surface area (Å²) in [6, 6.07) is 9.46. The Morgan fingerprint density at radius 3 is 2.22 bits per heavy atom. The SMILES string of the molecule is CCC(=O)c1ccc(CCCc2cc(C(C)C)c3c(c2O)C(=O)C2=C(O)[C@@]4(O)C(=O)C(C(C)=O)=C(O)C(C(C)C)C4CC2C3)cc1. The third-order valence-corrected chi connectivity index (χ3v) is 10.3. The van der Waals surface area contributed by atoms with Gasteiger partial charge in [-0.3, -0.25) is 19.2 Å². The van der Waals surface area contributed by atoms with E-state index in [0.29, 0.717) is 48.8 Å². The number of Topliss-reactive ketones (excluding diaryl/α,β-unsaturated/α-hetero) is 4. The van der Waals surface area contributed by atoms with Gasteiger partial charge in [-0.05, 0) is 79.0 Å². The number of allylic oxidation sites excluding steroid dienone is 2. The molecular formula is C38H44O8. The summed E-state index contributed by atoms with van der Waals surface area (Å²) in [7, 11) is 0. The quantitative estimate of drug-likeness (QED) is 0.183. The van der Waals surface area contributed by atoms with Gasteiger partial charge in [-0.1, -0.05) is 65.0 Å². The number of aliphatic hydroxyl groups excluding tert-OH is 2. The molecule has 4 atom stereocenters. The molecule has 0 amide bonds. The zero-order valence-corrected chi connectivity index (χ0v) is 27.4. The summed E-state index contributed by atoms with van der Waals surface area (Å²) in [6.45, 7) is 10.6. The molecule has 3 aliphatic rings. The number of rotatable bonds is 9. The molecule has 0 aromatic heterocycles. The summed E-state index contributed by atoms with van der Waals surface area (Å²) in [4.78, 5) is 52.4. The van der Waals surface area contributed by atoms with Crippen LogP contribution in [0.15, 0.2) is 53.0 Å². The zero-order chi connectivity index (χ0) is 33.8. The molecule has 0 bridgehead atoms. The van der Waals surface area contributed by atoms with Gasteiger partial charge in [0, 0.05) is 29.4 Å². The van der Waals surface area contributed by atoms with Crippen molar-refractivity contribution in [3.8, 4) is 5.75 Å². The number of carbonyl (C=O) groups excluding carboxylic acids is 4. The Morgan fingerprint density at radius 2 is 1.65 bits per heavy atom. The van der Waals surface area contributed by atoms with Gasteiger partial charge in [-0.2, -0.15) is 0 Å². The third kappa shape index (κ3) is 5.20. The lowest BCUT2D eigenvalue weighted by Crippen LogP contribution is -2.60. The third-order valence-electron chi connectivity index (χ3n) is 10.3. The van der Waals surface area contributed by atoms with Gasteiger partial charge in [0.05, 0.1) is 5.56 Å². The lowest BCUT2D eigenvalue weighted by atomic mass is 9.55. The molecule has 2 aromatic rings. The maximum absolute atomic E-state index is 14.3. The molecule has 8 nitrogen and oxygen atoms in total. The predicted molar refractivity (Wildman–Crippen MR) is 173 cm³/mol. The second-order valence-corrected chi connectivity index (χ2v) is 13.8. The lowest BCUT2D eigenvalue weighted by molar-refractivity contribution is -0.149. The van der Waals surface area contributed by atoms with E-state index in [9.17, 15) is 39.6 Å². The molecule has 4 N–H and O–H groups in total. The van der Waals surface area contributed by atoms with Crippen molar-refractivity contribution in [2.75, 3.05) is 0 Å². The minimum Gasteiger partial charge on any atom is -0.511 e. The fourth-order valence-corrected chi connectivity index (χ4v) is 8.00. The number of aliphatic hydroxyl groups is 3. The molecule has 0 radical (unpaired) electrons. The summed E-state index contributed by atoms with van der Waals surface area (Å²) in [6.07, 6.45) is 2.73. The van der Waals surface area contributed by atoms with Crippen LogP contribution in [0.5, 0.6) is 5.75 Å². The molecular weight excluding hydrogens is 584 g/mol. The molecule has 244 valence electrons. The van der Waals surface area contributed by atoms with Gasteiger partial charge in [-0.25, -0.2) is 0 Å². The van der Waals surface area contributed by atoms with Gasteiger partial charge in [0.1, 0.15) is 22.8 Å². The molecule has 0 aliphatic heterocycles. The highest BCUT2D eigenvalue weighted by Gasteiger charge is 2.63. The Kier molecular flexibility index (Phi) is 8.90. The summed E-state index contributed by atoms with van der Waals surface area (Å²) in [5.74, 6) is -6.27. The number of aromatic hydroxyl groups is 1. The Hall–Kier alpha value is -4.04. The van der Waals surface area contributed by atoms with Gasteiger partial charge in [0.25, 0.3) is 0 Å². The van der Waals surface area contributed by atoms with Crippen LogP contribution in [0.25, 0.3) is 0 Å².